The van der Waals surface area contributed by atoms with Crippen LogP contribution >= 0.6 is 0 Å². The summed E-state index contributed by atoms with van der Waals surface area (Å²) in [6.45, 7) is 7.86. The molecule has 0 bridgehead atoms. The molecular formula is C17H25FN6O. The molecule has 0 unspecified atom stereocenters. The normalized spacial score (nSPS) is 17.7. The molecule has 0 aliphatic carbocycles. The Hall–Kier alpha value is -1.90. The molecule has 1 fully saturated rings. The molecule has 1 atom stereocenters. The lowest BCUT2D eigenvalue weighted by Gasteiger charge is -2.38. The van der Waals surface area contributed by atoms with Crippen molar-refractivity contribution in [3.63, 3.8) is 0 Å². The van der Waals surface area contributed by atoms with Gasteiger partial charge in [0.05, 0.1) is 13.2 Å². The first-order valence-corrected chi connectivity index (χ1v) is 8.70. The Labute approximate surface area is 147 Å². The number of methoxy groups -OCH3 is 1. The number of hydrogen-bond donors (Lipinski definition) is 0. The molecule has 1 aromatic carbocycles. The number of nitrogens with zero attached hydrogens (tertiary/aromatic N) is 6. The van der Waals surface area contributed by atoms with Gasteiger partial charge in [-0.2, -0.15) is 0 Å². The van der Waals surface area contributed by atoms with Gasteiger partial charge in [0.2, 0.25) is 0 Å². The van der Waals surface area contributed by atoms with Crippen LogP contribution in [0.5, 0.6) is 0 Å². The van der Waals surface area contributed by atoms with E-state index >= 15 is 0 Å². The maximum atomic E-state index is 14.6. The van der Waals surface area contributed by atoms with E-state index in [9.17, 15) is 4.39 Å². The second kappa shape index (κ2) is 8.46. The van der Waals surface area contributed by atoms with Crippen LogP contribution in [0.3, 0.4) is 0 Å². The number of halogens is 1. The number of hydrogen-bond acceptors (Lipinski definition) is 6. The van der Waals surface area contributed by atoms with Crippen LogP contribution in [0, 0.1) is 5.82 Å². The predicted molar refractivity (Wildman–Crippen MR) is 91.6 cm³/mol. The van der Waals surface area contributed by atoms with Gasteiger partial charge in [0.15, 0.2) is 5.82 Å². The number of piperazine rings is 1. The Balaban J connectivity index is 1.93. The van der Waals surface area contributed by atoms with Gasteiger partial charge >= 0.3 is 0 Å². The van der Waals surface area contributed by atoms with E-state index in [2.05, 4.69) is 32.2 Å². The van der Waals surface area contributed by atoms with Crippen molar-refractivity contribution in [2.45, 2.75) is 19.5 Å². The van der Waals surface area contributed by atoms with Crippen molar-refractivity contribution < 1.29 is 9.13 Å². The second-order valence-corrected chi connectivity index (χ2v) is 6.15. The molecule has 0 N–H and O–H groups in total. The van der Waals surface area contributed by atoms with E-state index in [0.717, 1.165) is 32.7 Å². The molecule has 7 nitrogen and oxygen atoms in total. The zero-order valence-electron chi connectivity index (χ0n) is 14.8. The molecule has 2 heterocycles. The van der Waals surface area contributed by atoms with E-state index in [1.807, 2.05) is 12.1 Å². The molecule has 8 heteroatoms. The van der Waals surface area contributed by atoms with Crippen molar-refractivity contribution in [3.05, 3.63) is 41.5 Å². The quantitative estimate of drug-likeness (QED) is 0.749. The number of likely N-dealkylation sites (N-methyl/N-ethyl adjacent to an activating group) is 1. The van der Waals surface area contributed by atoms with Gasteiger partial charge in [-0.25, -0.2) is 9.07 Å². The first kappa shape index (κ1) is 17.9. The smallest absolute Gasteiger partial charge is 0.173 e. The highest BCUT2D eigenvalue weighted by atomic mass is 19.1. The summed E-state index contributed by atoms with van der Waals surface area (Å²) in [7, 11) is 1.64. The minimum absolute atomic E-state index is 0.230. The van der Waals surface area contributed by atoms with Crippen LogP contribution in [0.25, 0.3) is 0 Å². The van der Waals surface area contributed by atoms with Gasteiger partial charge in [-0.3, -0.25) is 4.90 Å². The number of rotatable bonds is 7. The van der Waals surface area contributed by atoms with E-state index in [-0.39, 0.29) is 11.9 Å². The maximum Gasteiger partial charge on any atom is 0.173 e. The Morgan fingerprint density at radius 1 is 1.20 bits per heavy atom. The molecule has 1 aliphatic rings. The van der Waals surface area contributed by atoms with Gasteiger partial charge in [0.1, 0.15) is 11.9 Å². The highest BCUT2D eigenvalue weighted by molar-refractivity contribution is 5.26. The molecule has 2 aromatic rings. The van der Waals surface area contributed by atoms with Crippen molar-refractivity contribution in [2.24, 2.45) is 0 Å². The minimum Gasteiger partial charge on any atom is -0.383 e. The third-order valence-corrected chi connectivity index (χ3v) is 4.73. The molecule has 0 saturated carbocycles. The van der Waals surface area contributed by atoms with Gasteiger partial charge in [-0.15, -0.1) is 5.10 Å². The fraction of sp³-hybridized carbons (Fsp3) is 0.588. The molecule has 0 radical (unpaired) electrons. The first-order chi connectivity index (χ1) is 12.2. The first-order valence-electron chi connectivity index (χ1n) is 8.70. The summed E-state index contributed by atoms with van der Waals surface area (Å²) in [4.78, 5) is 4.66. The number of tetrazole rings is 1. The van der Waals surface area contributed by atoms with E-state index in [0.29, 0.717) is 24.5 Å². The van der Waals surface area contributed by atoms with Crippen LogP contribution < -0.4 is 0 Å². The van der Waals surface area contributed by atoms with Crippen LogP contribution in [0.4, 0.5) is 4.39 Å². The highest BCUT2D eigenvalue weighted by Gasteiger charge is 2.31. The monoisotopic (exact) mass is 348 g/mol. The summed E-state index contributed by atoms with van der Waals surface area (Å²) in [6, 6.07) is 6.58. The Morgan fingerprint density at radius 2 is 1.96 bits per heavy atom. The summed E-state index contributed by atoms with van der Waals surface area (Å²) >= 11 is 0. The van der Waals surface area contributed by atoms with Crippen molar-refractivity contribution in [1.29, 1.82) is 0 Å². The van der Waals surface area contributed by atoms with Crippen LogP contribution in [0.15, 0.2) is 24.3 Å². The van der Waals surface area contributed by atoms with E-state index in [1.165, 1.54) is 6.07 Å². The molecule has 136 valence electrons. The zero-order valence-corrected chi connectivity index (χ0v) is 14.8. The largest absolute Gasteiger partial charge is 0.383 e. The second-order valence-electron chi connectivity index (χ2n) is 6.15. The molecule has 3 rings (SSSR count). The standard InChI is InChI=1S/C17H25FN6O/c1-3-22-8-10-23(11-9-22)16(14-6-4-5-7-15(14)18)17-19-20-21-24(17)12-13-25-2/h4-7,16H,3,8-13H2,1-2H3/t16-/m0/s1. The highest BCUT2D eigenvalue weighted by Crippen LogP contribution is 2.29. The van der Waals surface area contributed by atoms with E-state index < -0.39 is 0 Å². The van der Waals surface area contributed by atoms with Crippen LogP contribution in [0.2, 0.25) is 0 Å². The number of ether oxygens (including phenoxy) is 1. The lowest BCUT2D eigenvalue weighted by Crippen LogP contribution is -2.48. The molecule has 0 amide bonds. The molecule has 1 aliphatic heterocycles. The van der Waals surface area contributed by atoms with Gasteiger partial charge < -0.3 is 9.64 Å². The van der Waals surface area contributed by atoms with Gasteiger partial charge in [-0.1, -0.05) is 25.1 Å². The Morgan fingerprint density at radius 3 is 2.64 bits per heavy atom. The van der Waals surface area contributed by atoms with Crippen molar-refractivity contribution in [1.82, 2.24) is 30.0 Å². The van der Waals surface area contributed by atoms with Gasteiger partial charge in [0.25, 0.3) is 0 Å². The summed E-state index contributed by atoms with van der Waals surface area (Å²) in [5, 5.41) is 12.1. The van der Waals surface area contributed by atoms with Gasteiger partial charge in [-0.05, 0) is 23.0 Å². The lowest BCUT2D eigenvalue weighted by atomic mass is 10.0. The van der Waals surface area contributed by atoms with Crippen molar-refractivity contribution >= 4 is 0 Å². The summed E-state index contributed by atoms with van der Waals surface area (Å²) in [6.07, 6.45) is 0. The topological polar surface area (TPSA) is 59.3 Å². The summed E-state index contributed by atoms with van der Waals surface area (Å²) in [5.74, 6) is 0.429. The molecule has 25 heavy (non-hydrogen) atoms. The summed E-state index contributed by atoms with van der Waals surface area (Å²) in [5.41, 5.74) is 0.612. The fourth-order valence-electron chi connectivity index (χ4n) is 3.28. The maximum absolute atomic E-state index is 14.6. The van der Waals surface area contributed by atoms with Crippen molar-refractivity contribution in [2.75, 3.05) is 46.4 Å². The third-order valence-electron chi connectivity index (χ3n) is 4.73. The Bertz CT molecular complexity index is 671. The average molecular weight is 348 g/mol. The molecular weight excluding hydrogens is 323 g/mol. The molecule has 0 spiro atoms. The minimum atomic E-state index is -0.299. The van der Waals surface area contributed by atoms with Crippen LogP contribution in [0.1, 0.15) is 24.4 Å². The Kier molecular flexibility index (Phi) is 6.06. The summed E-state index contributed by atoms with van der Waals surface area (Å²) < 4.78 is 21.4. The molecule has 1 aromatic heterocycles. The van der Waals surface area contributed by atoms with Gasteiger partial charge in [0, 0.05) is 38.9 Å². The average Bonchev–Trinajstić information content (AvgIpc) is 3.10. The van der Waals surface area contributed by atoms with E-state index in [4.69, 9.17) is 4.74 Å². The van der Waals surface area contributed by atoms with Crippen LogP contribution in [-0.2, 0) is 11.3 Å². The zero-order chi connectivity index (χ0) is 17.6. The number of benzene rings is 1. The predicted octanol–water partition coefficient (Wildman–Crippen LogP) is 1.19. The third kappa shape index (κ3) is 4.02. The van der Waals surface area contributed by atoms with Crippen LogP contribution in [-0.4, -0.2) is 76.4 Å². The van der Waals surface area contributed by atoms with Crippen molar-refractivity contribution in [3.8, 4) is 0 Å². The number of aromatic nitrogens is 4. The lowest BCUT2D eigenvalue weighted by molar-refractivity contribution is 0.105. The fourth-order valence-corrected chi connectivity index (χ4v) is 3.28. The van der Waals surface area contributed by atoms with E-state index in [1.54, 1.807) is 17.9 Å². The SMILES string of the molecule is CCN1CCN([C@@H](c2ccccc2F)c2nnnn2CCOC)CC1. The molecule has 1 saturated heterocycles.